The Labute approximate surface area is 166 Å². The van der Waals surface area contributed by atoms with Gasteiger partial charge in [-0.25, -0.2) is 0 Å². The number of amides is 2. The van der Waals surface area contributed by atoms with Crippen molar-refractivity contribution in [3.8, 4) is 5.75 Å². The normalized spacial score (nSPS) is 14.8. The Hall–Kier alpha value is -3.08. The molecule has 0 bridgehead atoms. The first-order valence-electron chi connectivity index (χ1n) is 9.59. The molecule has 146 valence electrons. The van der Waals surface area contributed by atoms with Crippen LogP contribution in [0.2, 0.25) is 0 Å². The number of para-hydroxylation sites is 1. The molecule has 1 heterocycles. The van der Waals surface area contributed by atoms with Crippen molar-refractivity contribution in [3.63, 3.8) is 0 Å². The number of ether oxygens (including phenoxy) is 1. The van der Waals surface area contributed by atoms with Gasteiger partial charge in [0.15, 0.2) is 0 Å². The van der Waals surface area contributed by atoms with Crippen LogP contribution in [0, 0.1) is 5.92 Å². The highest BCUT2D eigenvalue weighted by Gasteiger charge is 2.26. The SMILES string of the molecule is COc1ccccc1CNC(=O)C1CCN(C(=O)/C=C/c2ccccc2)CC1. The lowest BCUT2D eigenvalue weighted by Crippen LogP contribution is -2.42. The van der Waals surface area contributed by atoms with Crippen molar-refractivity contribution in [3.05, 3.63) is 71.8 Å². The fourth-order valence-corrected chi connectivity index (χ4v) is 3.37. The largest absolute Gasteiger partial charge is 0.496 e. The molecule has 5 heteroatoms. The van der Waals surface area contributed by atoms with E-state index in [0.717, 1.165) is 16.9 Å². The van der Waals surface area contributed by atoms with E-state index in [1.54, 1.807) is 13.2 Å². The number of methoxy groups -OCH3 is 1. The standard InChI is InChI=1S/C23H26N2O3/c1-28-21-10-6-5-9-20(21)17-24-23(27)19-13-15-25(16-14-19)22(26)12-11-18-7-3-2-4-8-18/h2-12,19H,13-17H2,1H3,(H,24,27)/b12-11+. The van der Waals surface area contributed by atoms with Gasteiger partial charge in [0.1, 0.15) is 5.75 Å². The van der Waals surface area contributed by atoms with Crippen molar-refractivity contribution in [1.82, 2.24) is 10.2 Å². The molecule has 2 aromatic rings. The van der Waals surface area contributed by atoms with Gasteiger partial charge in [-0.2, -0.15) is 0 Å². The smallest absolute Gasteiger partial charge is 0.246 e. The third kappa shape index (κ3) is 5.22. The zero-order chi connectivity index (χ0) is 19.8. The minimum atomic E-state index is -0.0585. The van der Waals surface area contributed by atoms with Gasteiger partial charge >= 0.3 is 0 Å². The Balaban J connectivity index is 1.46. The molecule has 5 nitrogen and oxygen atoms in total. The van der Waals surface area contributed by atoms with Crippen molar-refractivity contribution in [2.45, 2.75) is 19.4 Å². The second kappa shape index (κ2) is 9.74. The Kier molecular flexibility index (Phi) is 6.84. The van der Waals surface area contributed by atoms with Crippen LogP contribution in [0.3, 0.4) is 0 Å². The molecule has 28 heavy (non-hydrogen) atoms. The fraction of sp³-hybridized carbons (Fsp3) is 0.304. The maximum atomic E-state index is 12.5. The van der Waals surface area contributed by atoms with E-state index in [-0.39, 0.29) is 17.7 Å². The number of nitrogens with zero attached hydrogens (tertiary/aromatic N) is 1. The second-order valence-corrected chi connectivity index (χ2v) is 6.87. The Morgan fingerprint density at radius 1 is 1.07 bits per heavy atom. The van der Waals surface area contributed by atoms with E-state index in [2.05, 4.69) is 5.32 Å². The van der Waals surface area contributed by atoms with Crippen molar-refractivity contribution in [2.75, 3.05) is 20.2 Å². The Morgan fingerprint density at radius 2 is 1.75 bits per heavy atom. The molecule has 0 spiro atoms. The lowest BCUT2D eigenvalue weighted by Gasteiger charge is -2.30. The summed E-state index contributed by atoms with van der Waals surface area (Å²) in [4.78, 5) is 26.7. The van der Waals surface area contributed by atoms with Gasteiger partial charge in [-0.15, -0.1) is 0 Å². The first-order chi connectivity index (χ1) is 13.7. The van der Waals surface area contributed by atoms with Gasteiger partial charge in [-0.05, 0) is 30.5 Å². The summed E-state index contributed by atoms with van der Waals surface area (Å²) < 4.78 is 5.32. The highest BCUT2D eigenvalue weighted by molar-refractivity contribution is 5.92. The number of carbonyl (C=O) groups excluding carboxylic acids is 2. The van der Waals surface area contributed by atoms with Crippen LogP contribution in [0.4, 0.5) is 0 Å². The molecule has 0 radical (unpaired) electrons. The minimum absolute atomic E-state index is 0.00302. The van der Waals surface area contributed by atoms with Gasteiger partial charge in [-0.1, -0.05) is 48.5 Å². The van der Waals surface area contributed by atoms with Gasteiger partial charge < -0.3 is 15.0 Å². The number of hydrogen-bond donors (Lipinski definition) is 1. The zero-order valence-electron chi connectivity index (χ0n) is 16.1. The van der Waals surface area contributed by atoms with E-state index in [1.807, 2.05) is 65.6 Å². The van der Waals surface area contributed by atoms with Crippen LogP contribution >= 0.6 is 0 Å². The summed E-state index contributed by atoms with van der Waals surface area (Å²) >= 11 is 0. The molecule has 0 aliphatic carbocycles. The first-order valence-corrected chi connectivity index (χ1v) is 9.59. The maximum Gasteiger partial charge on any atom is 0.246 e. The van der Waals surface area contributed by atoms with Crippen LogP contribution in [-0.4, -0.2) is 36.9 Å². The van der Waals surface area contributed by atoms with Crippen molar-refractivity contribution >= 4 is 17.9 Å². The van der Waals surface area contributed by atoms with E-state index >= 15 is 0 Å². The summed E-state index contributed by atoms with van der Waals surface area (Å²) in [6.07, 6.45) is 4.80. The predicted molar refractivity (Wildman–Crippen MR) is 110 cm³/mol. The molecule has 0 aromatic heterocycles. The van der Waals surface area contributed by atoms with Crippen molar-refractivity contribution in [1.29, 1.82) is 0 Å². The average molecular weight is 378 g/mol. The van der Waals surface area contributed by atoms with E-state index in [4.69, 9.17) is 4.74 Å². The number of hydrogen-bond acceptors (Lipinski definition) is 3. The van der Waals surface area contributed by atoms with Gasteiger partial charge in [0, 0.05) is 37.2 Å². The molecule has 1 N–H and O–H groups in total. The fourth-order valence-electron chi connectivity index (χ4n) is 3.37. The van der Waals surface area contributed by atoms with Crippen LogP contribution in [0.25, 0.3) is 6.08 Å². The number of nitrogens with one attached hydrogen (secondary N) is 1. The maximum absolute atomic E-state index is 12.5. The van der Waals surface area contributed by atoms with Crippen molar-refractivity contribution in [2.24, 2.45) is 5.92 Å². The first kappa shape index (κ1) is 19.7. The summed E-state index contributed by atoms with van der Waals surface area (Å²) in [6.45, 7) is 1.65. The molecule has 2 aromatic carbocycles. The predicted octanol–water partition coefficient (Wildman–Crippen LogP) is 3.26. The van der Waals surface area contributed by atoms with Gasteiger partial charge in [-0.3, -0.25) is 9.59 Å². The number of rotatable bonds is 6. The van der Waals surface area contributed by atoms with Crippen LogP contribution < -0.4 is 10.1 Å². The molecule has 0 unspecified atom stereocenters. The molecular weight excluding hydrogens is 352 g/mol. The van der Waals surface area contributed by atoms with Gasteiger partial charge in [0.05, 0.1) is 7.11 Å². The second-order valence-electron chi connectivity index (χ2n) is 6.87. The molecule has 2 amide bonds. The molecule has 0 saturated carbocycles. The summed E-state index contributed by atoms with van der Waals surface area (Å²) in [5.74, 6) is 0.750. The molecule has 1 aliphatic heterocycles. The average Bonchev–Trinajstić information content (AvgIpc) is 2.76. The monoisotopic (exact) mass is 378 g/mol. The molecule has 3 rings (SSSR count). The highest BCUT2D eigenvalue weighted by Crippen LogP contribution is 2.20. The summed E-state index contributed by atoms with van der Waals surface area (Å²) in [5, 5.41) is 3.00. The molecule has 1 aliphatic rings. The number of likely N-dealkylation sites (tertiary alicyclic amines) is 1. The third-order valence-electron chi connectivity index (χ3n) is 5.04. The lowest BCUT2D eigenvalue weighted by molar-refractivity contribution is -0.132. The Bertz CT molecular complexity index is 825. The van der Waals surface area contributed by atoms with E-state index < -0.39 is 0 Å². The topological polar surface area (TPSA) is 58.6 Å². The van der Waals surface area contributed by atoms with E-state index in [9.17, 15) is 9.59 Å². The number of benzene rings is 2. The summed E-state index contributed by atoms with van der Waals surface area (Å²) in [6, 6.07) is 17.4. The van der Waals surface area contributed by atoms with Crippen LogP contribution in [0.5, 0.6) is 5.75 Å². The van der Waals surface area contributed by atoms with Crippen LogP contribution in [0.1, 0.15) is 24.0 Å². The third-order valence-corrected chi connectivity index (χ3v) is 5.04. The number of piperidine rings is 1. The molecule has 1 saturated heterocycles. The van der Waals surface area contributed by atoms with Crippen molar-refractivity contribution < 1.29 is 14.3 Å². The highest BCUT2D eigenvalue weighted by atomic mass is 16.5. The Morgan fingerprint density at radius 3 is 2.46 bits per heavy atom. The molecule has 1 fully saturated rings. The summed E-state index contributed by atoms with van der Waals surface area (Å²) in [7, 11) is 1.62. The van der Waals surface area contributed by atoms with Crippen LogP contribution in [-0.2, 0) is 16.1 Å². The zero-order valence-corrected chi connectivity index (χ0v) is 16.1. The number of carbonyl (C=O) groups is 2. The minimum Gasteiger partial charge on any atom is -0.496 e. The van der Waals surface area contributed by atoms with Gasteiger partial charge in [0.25, 0.3) is 0 Å². The van der Waals surface area contributed by atoms with E-state index in [0.29, 0.717) is 32.5 Å². The van der Waals surface area contributed by atoms with Crippen LogP contribution in [0.15, 0.2) is 60.7 Å². The van der Waals surface area contributed by atoms with E-state index in [1.165, 1.54) is 0 Å². The quantitative estimate of drug-likeness (QED) is 0.785. The molecular formula is C23H26N2O3. The van der Waals surface area contributed by atoms with Gasteiger partial charge in [0.2, 0.25) is 11.8 Å². The lowest BCUT2D eigenvalue weighted by atomic mass is 9.95. The molecule has 0 atom stereocenters. The summed E-state index contributed by atoms with van der Waals surface area (Å²) in [5.41, 5.74) is 1.96.